The molecule has 0 aromatic heterocycles. The summed E-state index contributed by atoms with van der Waals surface area (Å²) in [5.74, 6) is -1.15. The van der Waals surface area contributed by atoms with Crippen LogP contribution in [0.1, 0.15) is 27.9 Å². The number of hydrogen-bond donors (Lipinski definition) is 1. The summed E-state index contributed by atoms with van der Waals surface area (Å²) in [7, 11) is 1.60. The van der Waals surface area contributed by atoms with E-state index in [1.807, 2.05) is 17.0 Å². The molecule has 178 valence electrons. The van der Waals surface area contributed by atoms with Crippen LogP contribution in [-0.2, 0) is 11.2 Å². The third kappa shape index (κ3) is 4.43. The van der Waals surface area contributed by atoms with Gasteiger partial charge in [0, 0.05) is 43.4 Å². The molecule has 1 N–H and O–H groups in total. The summed E-state index contributed by atoms with van der Waals surface area (Å²) in [6.45, 7) is 1.92. The van der Waals surface area contributed by atoms with E-state index < -0.39 is 11.6 Å². The van der Waals surface area contributed by atoms with Crippen molar-refractivity contribution in [3.63, 3.8) is 0 Å². The molecule has 3 aromatic rings. The summed E-state index contributed by atoms with van der Waals surface area (Å²) in [6.07, 6.45) is 1.53. The summed E-state index contributed by atoms with van der Waals surface area (Å²) < 4.78 is 34.8. The minimum absolute atomic E-state index is 0.0724. The van der Waals surface area contributed by atoms with Crippen LogP contribution in [0.3, 0.4) is 0 Å². The van der Waals surface area contributed by atoms with Crippen LogP contribution in [0.2, 0.25) is 0 Å². The number of carbonyl (C=O) groups is 1. The molecule has 2 saturated heterocycles. The van der Waals surface area contributed by atoms with Crippen molar-refractivity contribution in [2.24, 2.45) is 0 Å². The van der Waals surface area contributed by atoms with Crippen LogP contribution in [-0.4, -0.2) is 49.7 Å². The second-order valence-electron chi connectivity index (χ2n) is 9.08. The first-order valence-electron chi connectivity index (χ1n) is 11.6. The quantitative estimate of drug-likeness (QED) is 0.571. The molecule has 5 nitrogen and oxygen atoms in total. The molecule has 2 aliphatic heterocycles. The number of carbonyl (C=O) groups excluding carboxylic acids is 1. The number of hydrogen-bond acceptors (Lipinski definition) is 4. The Balaban J connectivity index is 1.58. The Labute approximate surface area is 202 Å². The summed E-state index contributed by atoms with van der Waals surface area (Å²) in [5.41, 5.74) is 3.11. The fourth-order valence-corrected chi connectivity index (χ4v) is 5.05. The molecule has 7 heteroatoms. The Bertz CT molecular complexity index is 1330. The van der Waals surface area contributed by atoms with Gasteiger partial charge in [-0.15, -0.1) is 0 Å². The van der Waals surface area contributed by atoms with Gasteiger partial charge in [0.15, 0.2) is 0 Å². The van der Waals surface area contributed by atoms with E-state index in [-0.39, 0.29) is 17.5 Å². The van der Waals surface area contributed by atoms with Crippen molar-refractivity contribution in [2.45, 2.75) is 24.9 Å². The number of amides is 1. The van der Waals surface area contributed by atoms with Gasteiger partial charge in [0.1, 0.15) is 17.7 Å². The highest BCUT2D eigenvalue weighted by molar-refractivity contribution is 5.98. The number of ether oxygens (including phenoxy) is 1. The van der Waals surface area contributed by atoms with Crippen molar-refractivity contribution in [3.8, 4) is 28.3 Å². The normalized spacial score (nSPS) is 18.6. The molecule has 0 radical (unpaired) electrons. The number of nitrogens with zero attached hydrogens (tertiary/aromatic N) is 2. The lowest BCUT2D eigenvalue weighted by atomic mass is 9.91. The highest BCUT2D eigenvalue weighted by Crippen LogP contribution is 2.36. The molecule has 0 unspecified atom stereocenters. The zero-order valence-electron chi connectivity index (χ0n) is 19.4. The van der Waals surface area contributed by atoms with Crippen LogP contribution in [0.15, 0.2) is 54.6 Å². The maximum Gasteiger partial charge on any atom is 0.254 e. The first kappa shape index (κ1) is 23.2. The van der Waals surface area contributed by atoms with Crippen molar-refractivity contribution in [3.05, 3.63) is 82.9 Å². The summed E-state index contributed by atoms with van der Waals surface area (Å²) in [5, 5.41) is 12.5. The molecule has 0 saturated carbocycles. The zero-order chi connectivity index (χ0) is 24.5. The summed E-state index contributed by atoms with van der Waals surface area (Å²) in [4.78, 5) is 15.2. The van der Waals surface area contributed by atoms with E-state index in [0.29, 0.717) is 53.4 Å². The van der Waals surface area contributed by atoms with Crippen molar-refractivity contribution in [1.82, 2.24) is 10.2 Å². The first-order chi connectivity index (χ1) is 17.0. The largest absolute Gasteiger partial charge is 0.384 e. The number of halogens is 2. The van der Waals surface area contributed by atoms with Gasteiger partial charge in [0.2, 0.25) is 0 Å². The molecule has 35 heavy (non-hydrogen) atoms. The Morgan fingerprint density at radius 2 is 1.91 bits per heavy atom. The number of nitrogens with one attached hydrogen (secondary N) is 1. The zero-order valence-corrected chi connectivity index (χ0v) is 19.4. The van der Waals surface area contributed by atoms with E-state index in [0.717, 1.165) is 18.5 Å². The van der Waals surface area contributed by atoms with E-state index in [1.54, 1.807) is 37.4 Å². The molecule has 3 aromatic carbocycles. The standard InChI is InChI=1S/C28H25F2N3O2/c1-35-9-8-17-2-6-24(27(30)10-17)23-7-5-19(28(34)33-16-21-13-22(33)15-32-21)11-25(23)18-3-4-20(14-31)26(29)12-18/h2-7,10-12,21-22,32H,8-9,13,15-16H2,1H3/t21-,22-/m1/s1. The smallest absolute Gasteiger partial charge is 0.254 e. The molecule has 5 rings (SSSR count). The van der Waals surface area contributed by atoms with E-state index in [4.69, 9.17) is 10.00 Å². The van der Waals surface area contributed by atoms with Crippen molar-refractivity contribution in [1.29, 1.82) is 5.26 Å². The number of nitriles is 1. The van der Waals surface area contributed by atoms with Gasteiger partial charge in [-0.2, -0.15) is 5.26 Å². The molecule has 2 bridgehead atoms. The van der Waals surface area contributed by atoms with Crippen LogP contribution in [0, 0.1) is 23.0 Å². The van der Waals surface area contributed by atoms with E-state index >= 15 is 4.39 Å². The minimum atomic E-state index is -0.661. The molecule has 2 heterocycles. The van der Waals surface area contributed by atoms with Crippen LogP contribution >= 0.6 is 0 Å². The summed E-state index contributed by atoms with van der Waals surface area (Å²) in [6, 6.07) is 16.7. The number of benzene rings is 3. The lowest BCUT2D eigenvalue weighted by molar-refractivity contribution is 0.0716. The van der Waals surface area contributed by atoms with Gasteiger partial charge in [-0.05, 0) is 65.4 Å². The molecule has 0 spiro atoms. The third-order valence-electron chi connectivity index (χ3n) is 6.90. The van der Waals surface area contributed by atoms with Gasteiger partial charge in [-0.1, -0.05) is 24.3 Å². The molecular formula is C28H25F2N3O2. The van der Waals surface area contributed by atoms with E-state index in [2.05, 4.69) is 5.32 Å². The van der Waals surface area contributed by atoms with Crippen LogP contribution in [0.25, 0.3) is 22.3 Å². The lowest BCUT2D eigenvalue weighted by Gasteiger charge is -2.28. The third-order valence-corrected chi connectivity index (χ3v) is 6.90. The van der Waals surface area contributed by atoms with Crippen molar-refractivity contribution in [2.75, 3.05) is 26.8 Å². The fraction of sp³-hybridized carbons (Fsp3) is 0.286. The maximum atomic E-state index is 15.2. The molecule has 2 aliphatic rings. The SMILES string of the molecule is COCCc1ccc(-c2ccc(C(=O)N3C[C@H]4C[C@@H]3CN4)cc2-c2ccc(C#N)c(F)c2)c(F)c1. The van der Waals surface area contributed by atoms with Gasteiger partial charge in [-0.3, -0.25) is 4.79 Å². The molecule has 0 aliphatic carbocycles. The van der Waals surface area contributed by atoms with Gasteiger partial charge in [0.05, 0.1) is 12.2 Å². The number of methoxy groups -OCH3 is 1. The van der Waals surface area contributed by atoms with Crippen LogP contribution < -0.4 is 5.32 Å². The fourth-order valence-electron chi connectivity index (χ4n) is 5.05. The van der Waals surface area contributed by atoms with Gasteiger partial charge >= 0.3 is 0 Å². The van der Waals surface area contributed by atoms with E-state index in [9.17, 15) is 9.18 Å². The maximum absolute atomic E-state index is 15.2. The average molecular weight is 474 g/mol. The monoisotopic (exact) mass is 473 g/mol. The predicted molar refractivity (Wildman–Crippen MR) is 129 cm³/mol. The molecule has 2 atom stereocenters. The molecule has 2 fully saturated rings. The molecular weight excluding hydrogens is 448 g/mol. The number of piperazine rings is 1. The Hall–Kier alpha value is -3.60. The van der Waals surface area contributed by atoms with Crippen molar-refractivity contribution >= 4 is 5.91 Å². The molecule has 1 amide bonds. The number of likely N-dealkylation sites (tertiary alicyclic amines) is 1. The highest BCUT2D eigenvalue weighted by Gasteiger charge is 2.40. The Kier molecular flexibility index (Phi) is 6.33. The predicted octanol–water partition coefficient (Wildman–Crippen LogP) is 4.55. The first-order valence-corrected chi connectivity index (χ1v) is 11.6. The minimum Gasteiger partial charge on any atom is -0.384 e. The van der Waals surface area contributed by atoms with Crippen LogP contribution in [0.4, 0.5) is 8.78 Å². The van der Waals surface area contributed by atoms with Crippen LogP contribution in [0.5, 0.6) is 0 Å². The summed E-state index contributed by atoms with van der Waals surface area (Å²) >= 11 is 0. The Morgan fingerprint density at radius 3 is 2.57 bits per heavy atom. The van der Waals surface area contributed by atoms with Gasteiger partial charge < -0.3 is 15.0 Å². The topological polar surface area (TPSA) is 65.4 Å². The lowest BCUT2D eigenvalue weighted by Crippen LogP contribution is -2.46. The number of fused-ring (bicyclic) bond motifs is 2. The Morgan fingerprint density at radius 1 is 1.09 bits per heavy atom. The highest BCUT2D eigenvalue weighted by atomic mass is 19.1. The van der Waals surface area contributed by atoms with Crippen molar-refractivity contribution < 1.29 is 18.3 Å². The van der Waals surface area contributed by atoms with Gasteiger partial charge in [-0.25, -0.2) is 8.78 Å². The number of rotatable bonds is 6. The second-order valence-corrected chi connectivity index (χ2v) is 9.08. The second kappa shape index (κ2) is 9.57. The average Bonchev–Trinajstić information content (AvgIpc) is 3.51. The van der Waals surface area contributed by atoms with Gasteiger partial charge in [0.25, 0.3) is 5.91 Å². The van der Waals surface area contributed by atoms with E-state index in [1.165, 1.54) is 18.2 Å².